The Bertz CT molecular complexity index is 697. The number of ether oxygens (including phenoxy) is 1. The van der Waals surface area contributed by atoms with Gasteiger partial charge in [0.1, 0.15) is 0 Å². The molecule has 202 valence electrons. The van der Waals surface area contributed by atoms with E-state index in [2.05, 4.69) is 40.7 Å². The largest absolute Gasteiger partial charge is 0.396 e. The summed E-state index contributed by atoms with van der Waals surface area (Å²) in [6.45, 7) is 14.0. The van der Waals surface area contributed by atoms with Gasteiger partial charge in [-0.15, -0.1) is 0 Å². The van der Waals surface area contributed by atoms with Gasteiger partial charge in [-0.25, -0.2) is 0 Å². The van der Waals surface area contributed by atoms with Gasteiger partial charge in [-0.2, -0.15) is 0 Å². The summed E-state index contributed by atoms with van der Waals surface area (Å²) in [5.74, 6) is 5.52. The number of unbranched alkanes of at least 4 members (excludes halogenated alkanes) is 3. The molecule has 6 unspecified atom stereocenters. The van der Waals surface area contributed by atoms with Crippen molar-refractivity contribution in [2.75, 3.05) is 13.2 Å². The Morgan fingerprint density at radius 3 is 2.49 bits per heavy atom. The molecule has 0 spiro atoms. The molecule has 3 fully saturated rings. The zero-order valence-corrected chi connectivity index (χ0v) is 24.0. The summed E-state index contributed by atoms with van der Waals surface area (Å²) >= 11 is 0. The molecule has 0 aliphatic heterocycles. The Hall–Kier alpha value is -0.340. The minimum atomic E-state index is 0.330. The van der Waals surface area contributed by atoms with Crippen LogP contribution in [0.3, 0.4) is 0 Å². The monoisotopic (exact) mass is 486 g/mol. The summed E-state index contributed by atoms with van der Waals surface area (Å²) in [5, 5.41) is 8.95. The van der Waals surface area contributed by atoms with Crippen molar-refractivity contribution in [2.24, 2.45) is 46.3 Å². The summed E-state index contributed by atoms with van der Waals surface area (Å²) in [6, 6.07) is 0. The molecule has 4 aliphatic carbocycles. The van der Waals surface area contributed by atoms with Crippen molar-refractivity contribution >= 4 is 0 Å². The summed E-state index contributed by atoms with van der Waals surface area (Å²) in [4.78, 5) is 0. The molecule has 0 aromatic rings. The lowest BCUT2D eigenvalue weighted by molar-refractivity contribution is -0.0641. The van der Waals surface area contributed by atoms with Crippen molar-refractivity contribution in [1.82, 2.24) is 0 Å². The number of hydrogen-bond acceptors (Lipinski definition) is 2. The second kappa shape index (κ2) is 12.0. The van der Waals surface area contributed by atoms with Gasteiger partial charge >= 0.3 is 0 Å². The minimum Gasteiger partial charge on any atom is -0.396 e. The Labute approximate surface area is 218 Å². The number of aliphatic hydroxyl groups is 1. The molecule has 0 amide bonds. The van der Waals surface area contributed by atoms with Crippen LogP contribution in [-0.4, -0.2) is 24.4 Å². The van der Waals surface area contributed by atoms with Crippen LogP contribution in [0.2, 0.25) is 0 Å². The van der Waals surface area contributed by atoms with Gasteiger partial charge in [-0.05, 0) is 111 Å². The molecule has 35 heavy (non-hydrogen) atoms. The molecule has 3 saturated carbocycles. The summed E-state index contributed by atoms with van der Waals surface area (Å²) in [7, 11) is 0. The average molecular weight is 487 g/mol. The molecule has 0 aromatic carbocycles. The Balaban J connectivity index is 1.34. The van der Waals surface area contributed by atoms with E-state index >= 15 is 0 Å². The second-order valence-electron chi connectivity index (χ2n) is 14.2. The molecule has 0 radical (unpaired) electrons. The number of rotatable bonds is 12. The standard InChI is InChI=1S/C33H58O2/c1-24(2)11-10-12-25(3)29-15-16-30-28-14-13-26-23-27(35-22-9-7-6-8-21-34)17-19-32(26,4)31(28)18-20-33(29,30)5/h13,24-25,27-31,34H,6-12,14-23H2,1-5H3/t25?,27?,28?,29?,30?,31?,32-,33+/m0/s1. The fourth-order valence-electron chi connectivity index (χ4n) is 9.61. The highest BCUT2D eigenvalue weighted by atomic mass is 16.5. The maximum absolute atomic E-state index is 8.95. The van der Waals surface area contributed by atoms with Crippen LogP contribution in [0.4, 0.5) is 0 Å². The van der Waals surface area contributed by atoms with Crippen LogP contribution >= 0.6 is 0 Å². The fourth-order valence-corrected chi connectivity index (χ4v) is 9.61. The van der Waals surface area contributed by atoms with Gasteiger partial charge in [-0.3, -0.25) is 0 Å². The maximum atomic E-state index is 8.95. The molecule has 1 N–H and O–H groups in total. The quantitative estimate of drug-likeness (QED) is 0.220. The van der Waals surface area contributed by atoms with Crippen molar-refractivity contribution in [3.05, 3.63) is 11.6 Å². The van der Waals surface area contributed by atoms with Crippen LogP contribution in [0.15, 0.2) is 11.6 Å². The lowest BCUT2D eigenvalue weighted by atomic mass is 9.47. The SMILES string of the molecule is CC(C)CCCC(C)C1CCC2C3CC=C4CC(OCCCCCCO)CC[C@]4(C)C3CC[C@]12C. The molecule has 0 heterocycles. The van der Waals surface area contributed by atoms with E-state index < -0.39 is 0 Å². The van der Waals surface area contributed by atoms with Crippen molar-refractivity contribution in [3.8, 4) is 0 Å². The number of hydrogen-bond donors (Lipinski definition) is 1. The lowest BCUT2D eigenvalue weighted by Crippen LogP contribution is -2.51. The van der Waals surface area contributed by atoms with Gasteiger partial charge in [0.2, 0.25) is 0 Å². The van der Waals surface area contributed by atoms with Gasteiger partial charge in [0.25, 0.3) is 0 Å². The van der Waals surface area contributed by atoms with Crippen LogP contribution in [0, 0.1) is 46.3 Å². The lowest BCUT2D eigenvalue weighted by Gasteiger charge is -2.58. The van der Waals surface area contributed by atoms with Crippen LogP contribution in [0.1, 0.15) is 131 Å². The van der Waals surface area contributed by atoms with Crippen molar-refractivity contribution in [1.29, 1.82) is 0 Å². The first-order chi connectivity index (χ1) is 16.8. The van der Waals surface area contributed by atoms with E-state index in [0.29, 0.717) is 23.5 Å². The minimum absolute atomic E-state index is 0.330. The van der Waals surface area contributed by atoms with Crippen molar-refractivity contribution in [2.45, 2.75) is 137 Å². The van der Waals surface area contributed by atoms with Crippen molar-refractivity contribution < 1.29 is 9.84 Å². The molecular weight excluding hydrogens is 428 g/mol. The molecule has 2 heteroatoms. The third kappa shape index (κ3) is 5.89. The van der Waals surface area contributed by atoms with Gasteiger partial charge in [0.05, 0.1) is 6.10 Å². The molecule has 8 atom stereocenters. The highest BCUT2D eigenvalue weighted by Gasteiger charge is 2.59. The van der Waals surface area contributed by atoms with E-state index in [4.69, 9.17) is 9.84 Å². The summed E-state index contributed by atoms with van der Waals surface area (Å²) in [6.07, 6.45) is 22.9. The van der Waals surface area contributed by atoms with Crippen LogP contribution in [-0.2, 0) is 4.74 Å². The molecule has 4 aliphatic rings. The third-order valence-electron chi connectivity index (χ3n) is 11.7. The average Bonchev–Trinajstić information content (AvgIpc) is 3.18. The van der Waals surface area contributed by atoms with Crippen LogP contribution in [0.25, 0.3) is 0 Å². The van der Waals surface area contributed by atoms with Gasteiger partial charge in [0, 0.05) is 13.2 Å². The molecule has 0 bridgehead atoms. The first kappa shape index (κ1) is 27.7. The van der Waals surface area contributed by atoms with Gasteiger partial charge in [-0.1, -0.05) is 78.4 Å². The number of aliphatic hydroxyl groups excluding tert-OH is 1. The highest BCUT2D eigenvalue weighted by molar-refractivity contribution is 5.25. The highest BCUT2D eigenvalue weighted by Crippen LogP contribution is 2.67. The van der Waals surface area contributed by atoms with Crippen LogP contribution < -0.4 is 0 Å². The Kier molecular flexibility index (Phi) is 9.51. The molecular formula is C33H58O2. The molecule has 0 saturated heterocycles. The van der Waals surface area contributed by atoms with Gasteiger partial charge in [0.15, 0.2) is 0 Å². The topological polar surface area (TPSA) is 29.5 Å². The van der Waals surface area contributed by atoms with E-state index in [-0.39, 0.29) is 0 Å². The summed E-state index contributed by atoms with van der Waals surface area (Å²) in [5.41, 5.74) is 2.79. The zero-order chi connectivity index (χ0) is 25.1. The zero-order valence-electron chi connectivity index (χ0n) is 24.0. The third-order valence-corrected chi connectivity index (χ3v) is 11.7. The first-order valence-electron chi connectivity index (χ1n) is 15.7. The molecule has 4 rings (SSSR count). The maximum Gasteiger partial charge on any atom is 0.0612 e. The normalized spacial score (nSPS) is 39.6. The first-order valence-corrected chi connectivity index (χ1v) is 15.7. The predicted molar refractivity (Wildman–Crippen MR) is 148 cm³/mol. The van der Waals surface area contributed by atoms with E-state index in [0.717, 1.165) is 61.4 Å². The van der Waals surface area contributed by atoms with E-state index in [9.17, 15) is 0 Å². The smallest absolute Gasteiger partial charge is 0.0612 e. The van der Waals surface area contributed by atoms with Gasteiger partial charge < -0.3 is 9.84 Å². The van der Waals surface area contributed by atoms with E-state index in [1.807, 2.05) is 0 Å². The second-order valence-corrected chi connectivity index (χ2v) is 14.2. The van der Waals surface area contributed by atoms with E-state index in [1.54, 1.807) is 5.57 Å². The van der Waals surface area contributed by atoms with Crippen LogP contribution in [0.5, 0.6) is 0 Å². The Morgan fingerprint density at radius 2 is 1.71 bits per heavy atom. The van der Waals surface area contributed by atoms with E-state index in [1.165, 1.54) is 77.0 Å². The molecule has 0 aromatic heterocycles. The number of allylic oxidation sites excluding steroid dienone is 1. The molecule has 2 nitrogen and oxygen atoms in total. The predicted octanol–water partition coefficient (Wildman–Crippen LogP) is 8.97. The number of fused-ring (bicyclic) bond motifs is 5. The summed E-state index contributed by atoms with van der Waals surface area (Å²) < 4.78 is 6.36. The fraction of sp³-hybridized carbons (Fsp3) is 0.939. The van der Waals surface area contributed by atoms with Crippen molar-refractivity contribution in [3.63, 3.8) is 0 Å². The Morgan fingerprint density at radius 1 is 0.914 bits per heavy atom.